The summed E-state index contributed by atoms with van der Waals surface area (Å²) in [5, 5.41) is 10.2. The van der Waals surface area contributed by atoms with Crippen molar-refractivity contribution in [1.29, 1.82) is 0 Å². The number of fused-ring (bicyclic) bond motifs is 1. The molecule has 20 heavy (non-hydrogen) atoms. The van der Waals surface area contributed by atoms with E-state index in [4.69, 9.17) is 0 Å². The molecule has 3 heteroatoms. The lowest BCUT2D eigenvalue weighted by atomic mass is 9.95. The van der Waals surface area contributed by atoms with Crippen molar-refractivity contribution in [3.8, 4) is 5.69 Å². The predicted octanol–water partition coefficient (Wildman–Crippen LogP) is 4.53. The zero-order valence-corrected chi connectivity index (χ0v) is 13.8. The molecule has 0 aliphatic heterocycles. The Hall–Kier alpha value is -1.06. The molecule has 0 saturated carbocycles. The van der Waals surface area contributed by atoms with Gasteiger partial charge in [0.15, 0.2) is 0 Å². The van der Waals surface area contributed by atoms with Crippen molar-refractivity contribution < 1.29 is 5.11 Å². The average molecular weight is 334 g/mol. The number of aliphatic hydroxyl groups excluding tert-OH is 1. The first-order valence-electron chi connectivity index (χ1n) is 7.15. The quantitative estimate of drug-likeness (QED) is 0.814. The van der Waals surface area contributed by atoms with Crippen molar-refractivity contribution in [3.05, 3.63) is 50.8 Å². The smallest absolute Gasteiger partial charge is 0.0807 e. The molecule has 1 N–H and O–H groups in total. The molecule has 1 atom stereocenters. The van der Waals surface area contributed by atoms with Crippen LogP contribution in [0.25, 0.3) is 5.69 Å². The summed E-state index contributed by atoms with van der Waals surface area (Å²) in [7, 11) is 0. The fraction of sp³-hybridized carbons (Fsp3) is 0.412. The van der Waals surface area contributed by atoms with E-state index in [1.165, 1.54) is 28.2 Å². The number of aliphatic hydroxyl groups is 1. The van der Waals surface area contributed by atoms with Crippen LogP contribution in [0.4, 0.5) is 0 Å². The van der Waals surface area contributed by atoms with E-state index >= 15 is 0 Å². The van der Waals surface area contributed by atoms with Crippen LogP contribution in [0.3, 0.4) is 0 Å². The van der Waals surface area contributed by atoms with E-state index < -0.39 is 0 Å². The molecule has 1 aromatic heterocycles. The minimum absolute atomic E-state index is 0.297. The fourth-order valence-electron chi connectivity index (χ4n) is 3.44. The van der Waals surface area contributed by atoms with Crippen LogP contribution < -0.4 is 0 Å². The van der Waals surface area contributed by atoms with Gasteiger partial charge in [-0.25, -0.2) is 0 Å². The van der Waals surface area contributed by atoms with Gasteiger partial charge in [-0.3, -0.25) is 0 Å². The normalized spacial score (nSPS) is 18.1. The Balaban J connectivity index is 2.26. The van der Waals surface area contributed by atoms with Crippen LogP contribution in [-0.2, 0) is 6.42 Å². The largest absolute Gasteiger partial charge is 0.388 e. The predicted molar refractivity (Wildman–Crippen MR) is 85.6 cm³/mol. The average Bonchev–Trinajstić information content (AvgIpc) is 2.67. The van der Waals surface area contributed by atoms with E-state index in [1.54, 1.807) is 0 Å². The Kier molecular flexibility index (Phi) is 3.51. The third kappa shape index (κ3) is 2.13. The molecule has 1 aromatic carbocycles. The van der Waals surface area contributed by atoms with Gasteiger partial charge in [0.1, 0.15) is 0 Å². The molecule has 0 bridgehead atoms. The van der Waals surface area contributed by atoms with Crippen LogP contribution in [-0.4, -0.2) is 9.67 Å². The third-order valence-electron chi connectivity index (χ3n) is 4.25. The molecule has 1 aliphatic carbocycles. The summed E-state index contributed by atoms with van der Waals surface area (Å²) in [4.78, 5) is 0. The molecular weight excluding hydrogens is 314 g/mol. The molecule has 1 unspecified atom stereocenters. The van der Waals surface area contributed by atoms with Crippen LogP contribution in [0.2, 0.25) is 0 Å². The highest BCUT2D eigenvalue weighted by atomic mass is 79.9. The molecule has 3 rings (SSSR count). The minimum atomic E-state index is -0.297. The van der Waals surface area contributed by atoms with E-state index in [2.05, 4.69) is 59.5 Å². The van der Waals surface area contributed by atoms with Crippen LogP contribution in [0.1, 0.15) is 47.0 Å². The Bertz CT molecular complexity index is 649. The van der Waals surface area contributed by atoms with Crippen molar-refractivity contribution in [2.75, 3.05) is 0 Å². The molecule has 1 heterocycles. The van der Waals surface area contributed by atoms with Crippen LogP contribution >= 0.6 is 15.9 Å². The summed E-state index contributed by atoms with van der Waals surface area (Å²) < 4.78 is 3.46. The third-order valence-corrected chi connectivity index (χ3v) is 4.71. The molecule has 2 nitrogen and oxygen atoms in total. The maximum Gasteiger partial charge on any atom is 0.0807 e. The van der Waals surface area contributed by atoms with Crippen LogP contribution in [0, 0.1) is 20.8 Å². The minimum Gasteiger partial charge on any atom is -0.388 e. The first-order valence-corrected chi connectivity index (χ1v) is 7.94. The fourth-order valence-corrected chi connectivity index (χ4v) is 4.13. The van der Waals surface area contributed by atoms with Gasteiger partial charge in [0.2, 0.25) is 0 Å². The molecule has 1 aliphatic rings. The zero-order valence-electron chi connectivity index (χ0n) is 12.2. The van der Waals surface area contributed by atoms with Crippen molar-refractivity contribution >= 4 is 15.9 Å². The van der Waals surface area contributed by atoms with E-state index in [0.717, 1.165) is 29.3 Å². The van der Waals surface area contributed by atoms with Gasteiger partial charge < -0.3 is 9.67 Å². The lowest BCUT2D eigenvalue weighted by Gasteiger charge is -2.22. The molecule has 106 valence electrons. The van der Waals surface area contributed by atoms with Crippen LogP contribution in [0.15, 0.2) is 22.7 Å². The van der Waals surface area contributed by atoms with E-state index in [1.807, 2.05) is 0 Å². The Morgan fingerprint density at radius 3 is 2.45 bits per heavy atom. The van der Waals surface area contributed by atoms with Gasteiger partial charge in [0.05, 0.1) is 11.8 Å². The van der Waals surface area contributed by atoms with E-state index in [9.17, 15) is 5.11 Å². The first-order chi connectivity index (χ1) is 9.49. The molecule has 0 saturated heterocycles. The lowest BCUT2D eigenvalue weighted by Crippen LogP contribution is -2.13. The zero-order chi connectivity index (χ0) is 14.4. The maximum absolute atomic E-state index is 10.2. The molecule has 0 amide bonds. The van der Waals surface area contributed by atoms with Gasteiger partial charge in [-0.15, -0.1) is 0 Å². The number of nitrogens with zero attached hydrogens (tertiary/aromatic N) is 1. The van der Waals surface area contributed by atoms with Crippen molar-refractivity contribution in [3.63, 3.8) is 0 Å². The van der Waals surface area contributed by atoms with Crippen molar-refractivity contribution in [2.24, 2.45) is 0 Å². The van der Waals surface area contributed by atoms with Gasteiger partial charge >= 0.3 is 0 Å². The van der Waals surface area contributed by atoms with Crippen molar-refractivity contribution in [1.82, 2.24) is 4.57 Å². The highest BCUT2D eigenvalue weighted by molar-refractivity contribution is 9.10. The van der Waals surface area contributed by atoms with Crippen molar-refractivity contribution in [2.45, 2.75) is 46.1 Å². The first kappa shape index (κ1) is 13.9. The molecule has 2 aromatic rings. The molecule has 0 fully saturated rings. The van der Waals surface area contributed by atoms with Gasteiger partial charge in [-0.1, -0.05) is 15.9 Å². The second-order valence-corrected chi connectivity index (χ2v) is 6.74. The van der Waals surface area contributed by atoms with E-state index in [-0.39, 0.29) is 6.10 Å². The summed E-state index contributed by atoms with van der Waals surface area (Å²) in [6.07, 6.45) is 2.70. The summed E-state index contributed by atoms with van der Waals surface area (Å²) in [5.41, 5.74) is 7.41. The number of hydrogen-bond donors (Lipinski definition) is 1. The number of rotatable bonds is 1. The number of halogens is 1. The highest BCUT2D eigenvalue weighted by Crippen LogP contribution is 2.36. The van der Waals surface area contributed by atoms with Gasteiger partial charge in [0.25, 0.3) is 0 Å². The maximum atomic E-state index is 10.2. The van der Waals surface area contributed by atoms with E-state index in [0.29, 0.717) is 0 Å². The lowest BCUT2D eigenvalue weighted by molar-refractivity contribution is 0.156. The number of aryl methyl sites for hydroxylation is 3. The standard InChI is InChI=1S/C17H20BrNO/c1-10-7-13(18)8-11(2)17(10)19-12(3)9-14-15(19)5-4-6-16(14)20/h7-9,16,20H,4-6H2,1-3H3. The second kappa shape index (κ2) is 5.05. The molecule has 0 spiro atoms. The second-order valence-electron chi connectivity index (χ2n) is 5.82. The molecule has 0 radical (unpaired) electrons. The summed E-state index contributed by atoms with van der Waals surface area (Å²) in [6, 6.07) is 6.47. The van der Waals surface area contributed by atoms with Crippen LogP contribution in [0.5, 0.6) is 0 Å². The van der Waals surface area contributed by atoms with Gasteiger partial charge in [-0.2, -0.15) is 0 Å². The summed E-state index contributed by atoms with van der Waals surface area (Å²) in [5.74, 6) is 0. The number of benzene rings is 1. The number of aromatic nitrogens is 1. The topological polar surface area (TPSA) is 25.2 Å². The monoisotopic (exact) mass is 333 g/mol. The highest BCUT2D eigenvalue weighted by Gasteiger charge is 2.24. The Morgan fingerprint density at radius 2 is 1.80 bits per heavy atom. The SMILES string of the molecule is Cc1cc(Br)cc(C)c1-n1c(C)cc2c1CCCC2O. The summed E-state index contributed by atoms with van der Waals surface area (Å²) >= 11 is 3.56. The summed E-state index contributed by atoms with van der Waals surface area (Å²) in [6.45, 7) is 6.43. The Labute approximate surface area is 128 Å². The van der Waals surface area contributed by atoms with Gasteiger partial charge in [0, 0.05) is 21.4 Å². The molecular formula is C17H20BrNO. The number of hydrogen-bond acceptors (Lipinski definition) is 1. The van der Waals surface area contributed by atoms with Gasteiger partial charge in [-0.05, 0) is 69.4 Å². The Morgan fingerprint density at radius 1 is 1.15 bits per heavy atom.